The first-order valence-corrected chi connectivity index (χ1v) is 9.51. The minimum atomic E-state index is -0.368. The summed E-state index contributed by atoms with van der Waals surface area (Å²) in [6, 6.07) is 16.4. The highest BCUT2D eigenvalue weighted by Gasteiger charge is 2.21. The molecule has 0 bridgehead atoms. The van der Waals surface area contributed by atoms with Crippen molar-refractivity contribution in [3.05, 3.63) is 89.6 Å². The van der Waals surface area contributed by atoms with Gasteiger partial charge in [0.1, 0.15) is 5.82 Å². The van der Waals surface area contributed by atoms with Crippen LogP contribution in [-0.2, 0) is 22.5 Å². The third kappa shape index (κ3) is 5.78. The van der Waals surface area contributed by atoms with Crippen molar-refractivity contribution in [2.75, 3.05) is 25.2 Å². The van der Waals surface area contributed by atoms with Gasteiger partial charge in [-0.15, -0.1) is 0 Å². The molecule has 0 aliphatic heterocycles. The molecule has 3 rings (SSSR count). The number of ether oxygens (including phenoxy) is 1. The fourth-order valence-electron chi connectivity index (χ4n) is 2.97. The van der Waals surface area contributed by atoms with Crippen LogP contribution in [0, 0.1) is 5.82 Å². The van der Waals surface area contributed by atoms with E-state index in [0.717, 1.165) is 5.56 Å². The minimum Gasteiger partial charge on any atom is -0.459 e. The predicted molar refractivity (Wildman–Crippen MR) is 111 cm³/mol. The Kier molecular flexibility index (Phi) is 7.34. The Morgan fingerprint density at radius 2 is 1.87 bits per heavy atom. The Morgan fingerprint density at radius 3 is 2.53 bits per heavy atom. The number of carbonyl (C=O) groups excluding carboxylic acids is 2. The van der Waals surface area contributed by atoms with Crippen molar-refractivity contribution in [3.8, 4) is 0 Å². The Morgan fingerprint density at radius 1 is 1.07 bits per heavy atom. The lowest BCUT2D eigenvalue weighted by molar-refractivity contribution is -0.120. The lowest BCUT2D eigenvalue weighted by Crippen LogP contribution is -2.30. The van der Waals surface area contributed by atoms with Gasteiger partial charge in [0.15, 0.2) is 5.76 Å². The molecule has 0 saturated carbocycles. The number of methoxy groups -OCH3 is 1. The Bertz CT molecular complexity index is 971. The SMILES string of the molecule is COCCNC(=O)Cc1ccc(N(Cc2cccc(F)c2)C(=O)c2ccco2)cc1. The molecule has 30 heavy (non-hydrogen) atoms. The third-order valence-electron chi connectivity index (χ3n) is 4.45. The summed E-state index contributed by atoms with van der Waals surface area (Å²) >= 11 is 0. The second-order valence-electron chi connectivity index (χ2n) is 6.68. The van der Waals surface area contributed by atoms with Crippen LogP contribution in [0.25, 0.3) is 0 Å². The summed E-state index contributed by atoms with van der Waals surface area (Å²) in [5.41, 5.74) is 2.07. The molecule has 156 valence electrons. The highest BCUT2D eigenvalue weighted by atomic mass is 19.1. The number of rotatable bonds is 9. The zero-order valence-electron chi connectivity index (χ0n) is 16.6. The zero-order valence-corrected chi connectivity index (χ0v) is 16.6. The fourth-order valence-corrected chi connectivity index (χ4v) is 2.97. The van der Waals surface area contributed by atoms with E-state index in [1.54, 1.807) is 55.6 Å². The zero-order chi connectivity index (χ0) is 21.3. The third-order valence-corrected chi connectivity index (χ3v) is 4.45. The summed E-state index contributed by atoms with van der Waals surface area (Å²) in [6.45, 7) is 1.08. The number of nitrogens with zero attached hydrogens (tertiary/aromatic N) is 1. The molecule has 2 aromatic carbocycles. The van der Waals surface area contributed by atoms with Crippen LogP contribution in [0.5, 0.6) is 0 Å². The smallest absolute Gasteiger partial charge is 0.294 e. The highest BCUT2D eigenvalue weighted by Crippen LogP contribution is 2.22. The molecule has 0 aliphatic rings. The van der Waals surface area contributed by atoms with Gasteiger partial charge in [0.05, 0.1) is 25.8 Å². The number of furan rings is 1. The van der Waals surface area contributed by atoms with Crippen LogP contribution in [0.15, 0.2) is 71.3 Å². The number of carbonyl (C=O) groups is 2. The Balaban J connectivity index is 1.77. The molecular weight excluding hydrogens is 387 g/mol. The maximum Gasteiger partial charge on any atom is 0.294 e. The molecule has 7 heteroatoms. The van der Waals surface area contributed by atoms with Crippen LogP contribution in [0.2, 0.25) is 0 Å². The van der Waals surface area contributed by atoms with Crippen molar-refractivity contribution in [2.24, 2.45) is 0 Å². The van der Waals surface area contributed by atoms with Crippen LogP contribution in [0.4, 0.5) is 10.1 Å². The number of amides is 2. The standard InChI is InChI=1S/C23H23FN2O4/c1-29-13-11-25-22(27)15-17-7-9-20(10-8-17)26(23(28)21-6-3-12-30-21)16-18-4-2-5-19(24)14-18/h2-10,12,14H,11,13,15-16H2,1H3,(H,25,27). The van der Waals surface area contributed by atoms with Gasteiger partial charge in [-0.05, 0) is 47.5 Å². The van der Waals surface area contributed by atoms with Crippen LogP contribution in [0.1, 0.15) is 21.7 Å². The van der Waals surface area contributed by atoms with E-state index in [4.69, 9.17) is 9.15 Å². The number of benzene rings is 2. The summed E-state index contributed by atoms with van der Waals surface area (Å²) in [4.78, 5) is 26.4. The summed E-state index contributed by atoms with van der Waals surface area (Å²) in [6.07, 6.45) is 1.65. The van der Waals surface area contributed by atoms with Crippen molar-refractivity contribution in [3.63, 3.8) is 0 Å². The molecule has 0 atom stereocenters. The van der Waals surface area contributed by atoms with Gasteiger partial charge in [0, 0.05) is 19.3 Å². The molecule has 0 radical (unpaired) electrons. The predicted octanol–water partition coefficient (Wildman–Crippen LogP) is 3.57. The van der Waals surface area contributed by atoms with E-state index in [9.17, 15) is 14.0 Å². The number of hydrogen-bond acceptors (Lipinski definition) is 4. The van der Waals surface area contributed by atoms with Crippen LogP contribution in [0.3, 0.4) is 0 Å². The van der Waals surface area contributed by atoms with Crippen molar-refractivity contribution in [1.82, 2.24) is 5.32 Å². The van der Waals surface area contributed by atoms with Gasteiger partial charge in [0.25, 0.3) is 5.91 Å². The molecule has 1 heterocycles. The topological polar surface area (TPSA) is 71.8 Å². The summed E-state index contributed by atoms with van der Waals surface area (Å²) in [5.74, 6) is -0.627. The van der Waals surface area contributed by atoms with Gasteiger partial charge in [-0.3, -0.25) is 9.59 Å². The molecular formula is C23H23FN2O4. The average molecular weight is 410 g/mol. The highest BCUT2D eigenvalue weighted by molar-refractivity contribution is 6.04. The van der Waals surface area contributed by atoms with Gasteiger partial charge < -0.3 is 19.4 Å². The minimum absolute atomic E-state index is 0.108. The van der Waals surface area contributed by atoms with Crippen LogP contribution in [-0.4, -0.2) is 32.1 Å². The van der Waals surface area contributed by atoms with E-state index < -0.39 is 0 Å². The van der Waals surface area contributed by atoms with Crippen molar-refractivity contribution >= 4 is 17.5 Å². The Hall–Kier alpha value is -3.45. The summed E-state index contributed by atoms with van der Waals surface area (Å²) < 4.78 is 23.8. The first-order valence-electron chi connectivity index (χ1n) is 9.51. The van der Waals surface area contributed by atoms with Gasteiger partial charge in [-0.25, -0.2) is 4.39 Å². The quantitative estimate of drug-likeness (QED) is 0.548. The van der Waals surface area contributed by atoms with E-state index in [2.05, 4.69) is 5.32 Å². The number of halogens is 1. The molecule has 0 saturated heterocycles. The molecule has 0 spiro atoms. The molecule has 1 N–H and O–H groups in total. The average Bonchev–Trinajstić information content (AvgIpc) is 3.27. The molecule has 0 unspecified atom stereocenters. The summed E-state index contributed by atoms with van der Waals surface area (Å²) in [7, 11) is 1.57. The maximum absolute atomic E-state index is 13.6. The fraction of sp³-hybridized carbons (Fsp3) is 0.217. The summed E-state index contributed by atoms with van der Waals surface area (Å²) in [5, 5.41) is 2.77. The Labute approximate surface area is 174 Å². The lowest BCUT2D eigenvalue weighted by Gasteiger charge is -2.22. The van der Waals surface area contributed by atoms with Crippen molar-refractivity contribution < 1.29 is 23.1 Å². The van der Waals surface area contributed by atoms with Crippen molar-refractivity contribution in [1.29, 1.82) is 0 Å². The first kappa shape index (κ1) is 21.3. The maximum atomic E-state index is 13.6. The van der Waals surface area contributed by atoms with Crippen LogP contribution < -0.4 is 10.2 Å². The first-order chi connectivity index (χ1) is 14.6. The number of hydrogen-bond donors (Lipinski definition) is 1. The second-order valence-corrected chi connectivity index (χ2v) is 6.68. The van der Waals surface area contributed by atoms with E-state index in [-0.39, 0.29) is 36.4 Å². The second kappa shape index (κ2) is 10.4. The molecule has 6 nitrogen and oxygen atoms in total. The van der Waals surface area contributed by atoms with Gasteiger partial charge >= 0.3 is 0 Å². The molecule has 2 amide bonds. The van der Waals surface area contributed by atoms with Crippen molar-refractivity contribution in [2.45, 2.75) is 13.0 Å². The van der Waals surface area contributed by atoms with E-state index in [0.29, 0.717) is 24.4 Å². The monoisotopic (exact) mass is 410 g/mol. The number of anilines is 1. The molecule has 3 aromatic rings. The van der Waals surface area contributed by atoms with Gasteiger partial charge in [0.2, 0.25) is 5.91 Å². The van der Waals surface area contributed by atoms with Gasteiger partial charge in [-0.1, -0.05) is 24.3 Å². The van der Waals surface area contributed by atoms with Gasteiger partial charge in [-0.2, -0.15) is 0 Å². The molecule has 1 aromatic heterocycles. The molecule has 0 aliphatic carbocycles. The number of nitrogens with one attached hydrogen (secondary N) is 1. The normalized spacial score (nSPS) is 10.6. The van der Waals surface area contributed by atoms with E-state index in [1.165, 1.54) is 23.3 Å². The van der Waals surface area contributed by atoms with E-state index in [1.807, 2.05) is 0 Å². The van der Waals surface area contributed by atoms with E-state index >= 15 is 0 Å². The molecule has 0 fully saturated rings. The largest absolute Gasteiger partial charge is 0.459 e. The van der Waals surface area contributed by atoms with Crippen LogP contribution >= 0.6 is 0 Å². The lowest BCUT2D eigenvalue weighted by atomic mass is 10.1.